The average Bonchev–Trinajstić information content (AvgIpc) is 3.25. The van der Waals surface area contributed by atoms with Gasteiger partial charge >= 0.3 is 0 Å². The van der Waals surface area contributed by atoms with E-state index < -0.39 is 0 Å². The molecule has 0 saturated heterocycles. The number of aryl methyl sites for hydroxylation is 1. The smallest absolute Gasteiger partial charge is 0.220 e. The van der Waals surface area contributed by atoms with Crippen molar-refractivity contribution in [1.29, 1.82) is 0 Å². The first-order valence-electron chi connectivity index (χ1n) is 8.93. The summed E-state index contributed by atoms with van der Waals surface area (Å²) in [7, 11) is 0. The quantitative estimate of drug-likeness (QED) is 0.834. The number of rotatable bonds is 6. The van der Waals surface area contributed by atoms with Gasteiger partial charge in [-0.05, 0) is 70.8 Å². The van der Waals surface area contributed by atoms with Gasteiger partial charge in [0.1, 0.15) is 5.75 Å². The molecule has 2 N–H and O–H groups in total. The molecule has 1 atom stereocenters. The first kappa shape index (κ1) is 16.6. The Morgan fingerprint density at radius 1 is 1.36 bits per heavy atom. The number of amides is 1. The molecule has 0 spiro atoms. The van der Waals surface area contributed by atoms with Gasteiger partial charge < -0.3 is 15.2 Å². The minimum absolute atomic E-state index is 0.0238. The molecule has 1 fully saturated rings. The summed E-state index contributed by atoms with van der Waals surface area (Å²) in [6.07, 6.45) is 3.47. The number of carbonyl (C=O) groups excluding carboxylic acids is 1. The number of ether oxygens (including phenoxy) is 1. The van der Waals surface area contributed by atoms with E-state index in [9.17, 15) is 9.90 Å². The van der Waals surface area contributed by atoms with Gasteiger partial charge in [-0.15, -0.1) is 0 Å². The van der Waals surface area contributed by atoms with Crippen LogP contribution in [0, 0.1) is 5.92 Å². The van der Waals surface area contributed by atoms with Gasteiger partial charge in [0.05, 0.1) is 18.8 Å². The maximum atomic E-state index is 12.5. The van der Waals surface area contributed by atoms with Crippen molar-refractivity contribution in [3.05, 3.63) is 51.7 Å². The Kier molecular flexibility index (Phi) is 4.77. The highest BCUT2D eigenvalue weighted by Gasteiger charge is 2.36. The Balaban J connectivity index is 1.45. The third-order valence-electron chi connectivity index (χ3n) is 5.23. The SMILES string of the molecule is O=C(CCc1ccsc1)N[C@H](c1ccc2c(c1)CCO2)C1CC(O)C1. The summed E-state index contributed by atoms with van der Waals surface area (Å²) >= 11 is 1.66. The number of aliphatic hydroxyl groups is 1. The van der Waals surface area contributed by atoms with Crippen LogP contribution in [0.3, 0.4) is 0 Å². The van der Waals surface area contributed by atoms with Crippen LogP contribution < -0.4 is 10.1 Å². The molecule has 2 aromatic rings. The molecule has 1 aromatic carbocycles. The highest BCUT2D eigenvalue weighted by Crippen LogP contribution is 2.39. The van der Waals surface area contributed by atoms with Gasteiger partial charge in [-0.1, -0.05) is 6.07 Å². The van der Waals surface area contributed by atoms with E-state index in [0.717, 1.165) is 43.6 Å². The lowest BCUT2D eigenvalue weighted by Gasteiger charge is -2.38. The standard InChI is InChI=1S/C20H23NO3S/c22-17-10-16(11-17)20(15-2-3-18-14(9-15)5-7-24-18)21-19(23)4-1-13-6-8-25-12-13/h2-3,6,8-9,12,16-17,20,22H,1,4-5,7,10-11H2,(H,21,23)/t16?,17?,20-/m1/s1. The number of nitrogens with one attached hydrogen (secondary N) is 1. The van der Waals surface area contributed by atoms with Crippen LogP contribution in [0.4, 0.5) is 0 Å². The molecule has 1 aromatic heterocycles. The van der Waals surface area contributed by atoms with E-state index in [0.29, 0.717) is 12.3 Å². The van der Waals surface area contributed by atoms with Crippen LogP contribution in [0.1, 0.15) is 42.0 Å². The van der Waals surface area contributed by atoms with Gasteiger partial charge in [-0.3, -0.25) is 4.79 Å². The molecule has 5 heteroatoms. The van der Waals surface area contributed by atoms with Gasteiger partial charge in [-0.2, -0.15) is 11.3 Å². The van der Waals surface area contributed by atoms with Crippen LogP contribution in [0.2, 0.25) is 0 Å². The number of carbonyl (C=O) groups is 1. The largest absolute Gasteiger partial charge is 0.493 e. The van der Waals surface area contributed by atoms with Crippen molar-refractivity contribution in [1.82, 2.24) is 5.32 Å². The van der Waals surface area contributed by atoms with Crippen molar-refractivity contribution in [3.63, 3.8) is 0 Å². The molecule has 2 heterocycles. The average molecular weight is 357 g/mol. The van der Waals surface area contributed by atoms with Crippen molar-refractivity contribution in [2.45, 2.75) is 44.2 Å². The Hall–Kier alpha value is -1.85. The Morgan fingerprint density at radius 3 is 3.00 bits per heavy atom. The summed E-state index contributed by atoms with van der Waals surface area (Å²) in [4.78, 5) is 12.5. The van der Waals surface area contributed by atoms with Crippen LogP contribution in [-0.2, 0) is 17.6 Å². The fourth-order valence-corrected chi connectivity index (χ4v) is 4.42. The molecule has 0 bridgehead atoms. The van der Waals surface area contributed by atoms with Gasteiger partial charge in [0, 0.05) is 12.8 Å². The summed E-state index contributed by atoms with van der Waals surface area (Å²) < 4.78 is 5.59. The number of thiophene rings is 1. The van der Waals surface area contributed by atoms with Gasteiger partial charge in [0.25, 0.3) is 0 Å². The van der Waals surface area contributed by atoms with Crippen molar-refractivity contribution < 1.29 is 14.6 Å². The Morgan fingerprint density at radius 2 is 2.24 bits per heavy atom. The third kappa shape index (κ3) is 3.72. The molecule has 1 aliphatic carbocycles. The van der Waals surface area contributed by atoms with Crippen LogP contribution in [-0.4, -0.2) is 23.7 Å². The summed E-state index contributed by atoms with van der Waals surface area (Å²) in [6, 6.07) is 8.27. The summed E-state index contributed by atoms with van der Waals surface area (Å²) in [5.74, 6) is 1.34. The molecule has 0 unspecified atom stereocenters. The van der Waals surface area contributed by atoms with E-state index in [4.69, 9.17) is 4.74 Å². The number of hydrogen-bond acceptors (Lipinski definition) is 4. The topological polar surface area (TPSA) is 58.6 Å². The highest BCUT2D eigenvalue weighted by atomic mass is 32.1. The van der Waals surface area contributed by atoms with Crippen LogP contribution in [0.25, 0.3) is 0 Å². The lowest BCUT2D eigenvalue weighted by Crippen LogP contribution is -2.41. The van der Waals surface area contributed by atoms with Crippen molar-refractivity contribution in [2.75, 3.05) is 6.61 Å². The predicted molar refractivity (Wildman–Crippen MR) is 97.9 cm³/mol. The lowest BCUT2D eigenvalue weighted by molar-refractivity contribution is -0.123. The molecule has 1 saturated carbocycles. The van der Waals surface area contributed by atoms with Crippen molar-refractivity contribution >= 4 is 17.2 Å². The molecular formula is C20H23NO3S. The minimum atomic E-state index is -0.229. The number of benzene rings is 1. The molecule has 4 nitrogen and oxygen atoms in total. The second-order valence-corrected chi connectivity index (χ2v) is 7.81. The molecule has 2 aliphatic rings. The van der Waals surface area contributed by atoms with Crippen molar-refractivity contribution in [2.24, 2.45) is 5.92 Å². The minimum Gasteiger partial charge on any atom is -0.493 e. The molecule has 4 rings (SSSR count). The zero-order chi connectivity index (χ0) is 17.2. The summed E-state index contributed by atoms with van der Waals surface area (Å²) in [6.45, 7) is 0.735. The number of fused-ring (bicyclic) bond motifs is 1. The number of aliphatic hydroxyl groups excluding tert-OH is 1. The van der Waals surface area contributed by atoms with Crippen LogP contribution >= 0.6 is 11.3 Å². The van der Waals surface area contributed by atoms with Gasteiger partial charge in [0.15, 0.2) is 0 Å². The second-order valence-electron chi connectivity index (χ2n) is 7.03. The van der Waals surface area contributed by atoms with E-state index in [1.165, 1.54) is 11.1 Å². The van der Waals surface area contributed by atoms with E-state index in [2.05, 4.69) is 28.9 Å². The normalized spacial score (nSPS) is 22.6. The molecule has 0 radical (unpaired) electrons. The van der Waals surface area contributed by atoms with E-state index in [1.54, 1.807) is 11.3 Å². The zero-order valence-electron chi connectivity index (χ0n) is 14.1. The predicted octanol–water partition coefficient (Wildman–Crippen LogP) is 3.24. The number of hydrogen-bond donors (Lipinski definition) is 2. The Labute approximate surface area is 151 Å². The van der Waals surface area contributed by atoms with Gasteiger partial charge in [-0.25, -0.2) is 0 Å². The lowest BCUT2D eigenvalue weighted by atomic mass is 9.74. The van der Waals surface area contributed by atoms with Gasteiger partial charge in [0.2, 0.25) is 5.91 Å². The molecule has 1 aliphatic heterocycles. The molecule has 132 valence electrons. The monoisotopic (exact) mass is 357 g/mol. The van der Waals surface area contributed by atoms with E-state index in [1.807, 2.05) is 11.4 Å². The molecular weight excluding hydrogens is 334 g/mol. The van der Waals surface area contributed by atoms with E-state index >= 15 is 0 Å². The summed E-state index contributed by atoms with van der Waals surface area (Å²) in [5.41, 5.74) is 3.56. The molecule has 25 heavy (non-hydrogen) atoms. The first-order chi connectivity index (χ1) is 12.2. The van der Waals surface area contributed by atoms with Crippen molar-refractivity contribution in [3.8, 4) is 5.75 Å². The highest BCUT2D eigenvalue weighted by molar-refractivity contribution is 7.07. The fourth-order valence-electron chi connectivity index (χ4n) is 3.71. The fraction of sp³-hybridized carbons (Fsp3) is 0.450. The maximum Gasteiger partial charge on any atom is 0.220 e. The van der Waals surface area contributed by atoms with Crippen LogP contribution in [0.15, 0.2) is 35.0 Å². The first-order valence-corrected chi connectivity index (χ1v) is 9.87. The maximum absolute atomic E-state index is 12.5. The second kappa shape index (κ2) is 7.18. The zero-order valence-corrected chi connectivity index (χ0v) is 14.9. The van der Waals surface area contributed by atoms with E-state index in [-0.39, 0.29) is 18.1 Å². The molecule has 1 amide bonds. The van der Waals surface area contributed by atoms with Crippen LogP contribution in [0.5, 0.6) is 5.75 Å². The third-order valence-corrected chi connectivity index (χ3v) is 5.96. The Bertz CT molecular complexity index is 737. The summed E-state index contributed by atoms with van der Waals surface area (Å²) in [5, 5.41) is 17.1.